The zero-order valence-corrected chi connectivity index (χ0v) is 8.28. The topological polar surface area (TPSA) is 9.23 Å². The van der Waals surface area contributed by atoms with Crippen molar-refractivity contribution >= 4 is 11.6 Å². The average molecular weight is 189 g/mol. The summed E-state index contributed by atoms with van der Waals surface area (Å²) in [6.07, 6.45) is 8.30. The largest absolute Gasteiger partial charge is 0.378 e. The molecule has 0 aromatic rings. The smallest absolute Gasteiger partial charge is 0.0581 e. The van der Waals surface area contributed by atoms with Gasteiger partial charge in [0, 0.05) is 12.5 Å². The van der Waals surface area contributed by atoms with Crippen LogP contribution in [0.5, 0.6) is 0 Å². The van der Waals surface area contributed by atoms with Crippen molar-refractivity contribution in [2.75, 3.05) is 12.5 Å². The van der Waals surface area contributed by atoms with Gasteiger partial charge in [-0.15, -0.1) is 11.6 Å². The Hall–Kier alpha value is 0.250. The van der Waals surface area contributed by atoms with E-state index in [-0.39, 0.29) is 0 Å². The predicted molar refractivity (Wildman–Crippen MR) is 50.6 cm³/mol. The molecular formula is C10H17ClO. The van der Waals surface area contributed by atoms with Crippen molar-refractivity contribution in [3.8, 4) is 0 Å². The molecule has 2 aliphatic rings. The summed E-state index contributed by atoms with van der Waals surface area (Å²) in [6, 6.07) is 0. The molecule has 0 radical (unpaired) electrons. The molecule has 0 N–H and O–H groups in total. The Balaban J connectivity index is 1.83. The van der Waals surface area contributed by atoms with Gasteiger partial charge in [0.05, 0.1) is 6.10 Å². The van der Waals surface area contributed by atoms with Gasteiger partial charge in [-0.3, -0.25) is 0 Å². The molecule has 2 heteroatoms. The van der Waals surface area contributed by atoms with E-state index in [1.54, 1.807) is 0 Å². The lowest BCUT2D eigenvalue weighted by Crippen LogP contribution is -2.35. The van der Waals surface area contributed by atoms with Crippen LogP contribution in [0.25, 0.3) is 0 Å². The highest BCUT2D eigenvalue weighted by Crippen LogP contribution is 2.47. The van der Waals surface area contributed by atoms with Gasteiger partial charge in [0.15, 0.2) is 0 Å². The van der Waals surface area contributed by atoms with Crippen LogP contribution in [0, 0.1) is 5.41 Å². The van der Waals surface area contributed by atoms with Gasteiger partial charge in [-0.05, 0) is 37.5 Å². The van der Waals surface area contributed by atoms with E-state index in [1.165, 1.54) is 38.5 Å². The first kappa shape index (κ1) is 8.83. The lowest BCUT2D eigenvalue weighted by atomic mass is 9.67. The molecule has 1 saturated carbocycles. The van der Waals surface area contributed by atoms with E-state index in [0.29, 0.717) is 11.5 Å². The fraction of sp³-hybridized carbons (Fsp3) is 1.00. The van der Waals surface area contributed by atoms with Gasteiger partial charge in [-0.25, -0.2) is 0 Å². The Morgan fingerprint density at radius 3 is 2.58 bits per heavy atom. The highest BCUT2D eigenvalue weighted by molar-refractivity contribution is 6.18. The minimum atomic E-state index is 0.469. The molecule has 0 spiro atoms. The summed E-state index contributed by atoms with van der Waals surface area (Å²) >= 11 is 5.98. The molecule has 1 atom stereocenters. The summed E-state index contributed by atoms with van der Waals surface area (Å²) in [5.74, 6) is 0.840. The summed E-state index contributed by atoms with van der Waals surface area (Å²) in [5.41, 5.74) is 0.469. The summed E-state index contributed by atoms with van der Waals surface area (Å²) in [7, 11) is 0. The molecule has 2 rings (SSSR count). The third-order valence-electron chi connectivity index (χ3n) is 3.38. The molecule has 1 nitrogen and oxygen atoms in total. The lowest BCUT2D eigenvalue weighted by molar-refractivity contribution is 0.0348. The third kappa shape index (κ3) is 1.62. The van der Waals surface area contributed by atoms with Crippen molar-refractivity contribution in [2.45, 2.75) is 44.6 Å². The molecule has 12 heavy (non-hydrogen) atoms. The highest BCUT2D eigenvalue weighted by atomic mass is 35.5. The number of alkyl halides is 1. The maximum atomic E-state index is 5.98. The van der Waals surface area contributed by atoms with Gasteiger partial charge in [0.1, 0.15) is 0 Å². The van der Waals surface area contributed by atoms with Gasteiger partial charge in [-0.1, -0.05) is 6.42 Å². The Morgan fingerprint density at radius 1 is 1.33 bits per heavy atom. The first-order chi connectivity index (χ1) is 5.85. The molecule has 1 saturated heterocycles. The van der Waals surface area contributed by atoms with Gasteiger partial charge in [-0.2, -0.15) is 0 Å². The second-order valence-corrected chi connectivity index (χ2v) is 4.59. The quantitative estimate of drug-likeness (QED) is 0.619. The summed E-state index contributed by atoms with van der Waals surface area (Å²) < 4.78 is 5.63. The zero-order chi connectivity index (χ0) is 8.44. The fourth-order valence-corrected chi connectivity index (χ4v) is 2.73. The molecule has 1 aliphatic heterocycles. The van der Waals surface area contributed by atoms with Crippen LogP contribution in [0.4, 0.5) is 0 Å². The van der Waals surface area contributed by atoms with Gasteiger partial charge in [0.2, 0.25) is 0 Å². The molecular weight excluding hydrogens is 172 g/mol. The van der Waals surface area contributed by atoms with Gasteiger partial charge < -0.3 is 4.74 Å². The first-order valence-corrected chi connectivity index (χ1v) is 5.56. The van der Waals surface area contributed by atoms with Crippen LogP contribution in [-0.4, -0.2) is 18.6 Å². The van der Waals surface area contributed by atoms with Gasteiger partial charge >= 0.3 is 0 Å². The summed E-state index contributed by atoms with van der Waals surface area (Å²) in [5, 5.41) is 0. The van der Waals surface area contributed by atoms with Crippen molar-refractivity contribution in [3.63, 3.8) is 0 Å². The molecule has 0 aromatic carbocycles. The Morgan fingerprint density at radius 2 is 2.17 bits per heavy atom. The lowest BCUT2D eigenvalue weighted by Gasteiger charge is -2.41. The van der Waals surface area contributed by atoms with Crippen LogP contribution >= 0.6 is 11.6 Å². The van der Waals surface area contributed by atoms with Crippen LogP contribution in [0.2, 0.25) is 0 Å². The van der Waals surface area contributed by atoms with Crippen molar-refractivity contribution in [3.05, 3.63) is 0 Å². The van der Waals surface area contributed by atoms with Crippen molar-refractivity contribution in [2.24, 2.45) is 5.41 Å². The normalized spacial score (nSPS) is 33.2. The number of ether oxygens (including phenoxy) is 1. The van der Waals surface area contributed by atoms with Crippen LogP contribution in [0.3, 0.4) is 0 Å². The Bertz CT molecular complexity index is 142. The Labute approximate surface area is 79.4 Å². The van der Waals surface area contributed by atoms with Crippen molar-refractivity contribution < 1.29 is 4.74 Å². The molecule has 0 aromatic heterocycles. The third-order valence-corrected chi connectivity index (χ3v) is 3.95. The molecule has 1 heterocycles. The number of halogens is 1. The van der Waals surface area contributed by atoms with E-state index < -0.39 is 0 Å². The number of rotatable bonds is 3. The minimum absolute atomic E-state index is 0.469. The number of hydrogen-bond acceptors (Lipinski definition) is 1. The van der Waals surface area contributed by atoms with Crippen LogP contribution < -0.4 is 0 Å². The summed E-state index contributed by atoms with van der Waals surface area (Å²) in [6.45, 7) is 0.975. The van der Waals surface area contributed by atoms with E-state index in [1.807, 2.05) is 0 Å². The molecule has 0 unspecified atom stereocenters. The molecule has 0 amide bonds. The molecule has 0 bridgehead atoms. The maximum Gasteiger partial charge on any atom is 0.0581 e. The molecule has 2 fully saturated rings. The van der Waals surface area contributed by atoms with E-state index in [0.717, 1.165) is 12.5 Å². The average Bonchev–Trinajstić information content (AvgIpc) is 2.49. The second kappa shape index (κ2) is 3.55. The first-order valence-electron chi connectivity index (χ1n) is 5.02. The van der Waals surface area contributed by atoms with E-state index in [2.05, 4.69) is 0 Å². The minimum Gasteiger partial charge on any atom is -0.378 e. The monoisotopic (exact) mass is 188 g/mol. The maximum absolute atomic E-state index is 5.98. The number of hydrogen-bond donors (Lipinski definition) is 0. The van der Waals surface area contributed by atoms with E-state index in [9.17, 15) is 0 Å². The molecule has 70 valence electrons. The SMILES string of the molecule is ClCC1(C[C@H]2CCCO2)CCC1. The zero-order valence-electron chi connectivity index (χ0n) is 7.52. The van der Waals surface area contributed by atoms with Crippen LogP contribution in [0.1, 0.15) is 38.5 Å². The fourth-order valence-electron chi connectivity index (χ4n) is 2.36. The van der Waals surface area contributed by atoms with Crippen LogP contribution in [-0.2, 0) is 4.74 Å². The predicted octanol–water partition coefficient (Wildman–Crippen LogP) is 2.96. The van der Waals surface area contributed by atoms with Crippen molar-refractivity contribution in [1.82, 2.24) is 0 Å². The van der Waals surface area contributed by atoms with E-state index in [4.69, 9.17) is 16.3 Å². The standard InChI is InChI=1S/C10H17ClO/c11-8-10(4-2-5-10)7-9-3-1-6-12-9/h9H,1-8H2/t9-/m1/s1. The van der Waals surface area contributed by atoms with Crippen molar-refractivity contribution in [1.29, 1.82) is 0 Å². The van der Waals surface area contributed by atoms with E-state index >= 15 is 0 Å². The highest BCUT2D eigenvalue weighted by Gasteiger charge is 2.38. The van der Waals surface area contributed by atoms with Crippen LogP contribution in [0.15, 0.2) is 0 Å². The molecule has 1 aliphatic carbocycles. The second-order valence-electron chi connectivity index (χ2n) is 4.33. The van der Waals surface area contributed by atoms with Gasteiger partial charge in [0.25, 0.3) is 0 Å². The Kier molecular flexibility index (Phi) is 2.61. The summed E-state index contributed by atoms with van der Waals surface area (Å²) in [4.78, 5) is 0.